The van der Waals surface area contributed by atoms with Crippen LogP contribution in [0.1, 0.15) is 11.5 Å². The van der Waals surface area contributed by atoms with Gasteiger partial charge in [0.15, 0.2) is 5.96 Å². The molecule has 1 aliphatic rings. The molecule has 1 aromatic heterocycles. The number of benzene rings is 2. The van der Waals surface area contributed by atoms with Gasteiger partial charge in [-0.15, -0.1) is 0 Å². The van der Waals surface area contributed by atoms with Gasteiger partial charge in [-0.3, -0.25) is 4.99 Å². The average Bonchev–Trinajstić information content (AvgIpc) is 3.38. The molecule has 29 heavy (non-hydrogen) atoms. The predicted molar refractivity (Wildman–Crippen MR) is 112 cm³/mol. The number of halogens is 1. The van der Waals surface area contributed by atoms with Crippen molar-refractivity contribution >= 4 is 17.6 Å². The first-order valence-corrected chi connectivity index (χ1v) is 9.86. The molecule has 0 radical (unpaired) electrons. The first kappa shape index (κ1) is 19.3. The molecule has 0 fully saturated rings. The average molecular weight is 412 g/mol. The van der Waals surface area contributed by atoms with Crippen molar-refractivity contribution in [1.82, 2.24) is 20.8 Å². The zero-order chi connectivity index (χ0) is 20.1. The van der Waals surface area contributed by atoms with Crippen molar-refractivity contribution in [2.75, 3.05) is 20.1 Å². The highest BCUT2D eigenvalue weighted by molar-refractivity contribution is 6.30. The van der Waals surface area contributed by atoms with Crippen LogP contribution in [-0.4, -0.2) is 42.3 Å². The minimum atomic E-state index is 0.101. The van der Waals surface area contributed by atoms with E-state index in [0.29, 0.717) is 42.2 Å². The van der Waals surface area contributed by atoms with E-state index in [-0.39, 0.29) is 6.10 Å². The lowest BCUT2D eigenvalue weighted by molar-refractivity contribution is 0.235. The second-order valence-electron chi connectivity index (χ2n) is 6.70. The molecular weight excluding hydrogens is 390 g/mol. The number of aromatic nitrogens is 2. The molecule has 1 atom stereocenters. The smallest absolute Gasteiger partial charge is 0.228 e. The topological polar surface area (TPSA) is 84.6 Å². The molecule has 2 heterocycles. The fourth-order valence-corrected chi connectivity index (χ4v) is 3.29. The van der Waals surface area contributed by atoms with Gasteiger partial charge in [-0.2, -0.15) is 4.98 Å². The molecule has 2 N–H and O–H groups in total. The molecule has 0 bridgehead atoms. The highest BCUT2D eigenvalue weighted by Crippen LogP contribution is 2.27. The number of para-hydroxylation sites is 1. The van der Waals surface area contributed by atoms with Crippen molar-refractivity contribution in [3.8, 4) is 17.1 Å². The predicted octanol–water partition coefficient (Wildman–Crippen LogP) is 3.10. The first-order chi connectivity index (χ1) is 14.2. The Morgan fingerprint density at radius 3 is 2.79 bits per heavy atom. The minimum Gasteiger partial charge on any atom is -0.488 e. The van der Waals surface area contributed by atoms with E-state index in [2.05, 4.69) is 31.8 Å². The molecule has 2 aromatic carbocycles. The van der Waals surface area contributed by atoms with Gasteiger partial charge in [0, 0.05) is 37.0 Å². The minimum absolute atomic E-state index is 0.101. The summed E-state index contributed by atoms with van der Waals surface area (Å²) in [6.45, 7) is 1.29. The number of hydrogen-bond donors (Lipinski definition) is 2. The van der Waals surface area contributed by atoms with Crippen LogP contribution in [-0.2, 0) is 12.8 Å². The van der Waals surface area contributed by atoms with Crippen LogP contribution < -0.4 is 15.4 Å². The normalized spacial score (nSPS) is 15.7. The van der Waals surface area contributed by atoms with Crippen LogP contribution in [0.25, 0.3) is 11.4 Å². The Hall–Kier alpha value is -3.06. The third-order valence-electron chi connectivity index (χ3n) is 4.64. The Balaban J connectivity index is 1.22. The van der Waals surface area contributed by atoms with Gasteiger partial charge < -0.3 is 19.9 Å². The van der Waals surface area contributed by atoms with Crippen molar-refractivity contribution in [3.05, 3.63) is 65.0 Å². The maximum absolute atomic E-state index is 5.94. The van der Waals surface area contributed by atoms with Gasteiger partial charge in [0.05, 0.1) is 6.54 Å². The number of hydrogen-bond acceptors (Lipinski definition) is 5. The summed E-state index contributed by atoms with van der Waals surface area (Å²) in [6, 6.07) is 15.5. The van der Waals surface area contributed by atoms with Crippen LogP contribution in [0.4, 0.5) is 0 Å². The molecule has 0 spiro atoms. The fraction of sp³-hybridized carbons (Fsp3) is 0.286. The van der Waals surface area contributed by atoms with Gasteiger partial charge in [0.25, 0.3) is 0 Å². The number of rotatable bonds is 6. The van der Waals surface area contributed by atoms with Gasteiger partial charge in [-0.05, 0) is 35.9 Å². The number of ether oxygens (including phenoxy) is 1. The van der Waals surface area contributed by atoms with E-state index >= 15 is 0 Å². The number of nitrogens with one attached hydrogen (secondary N) is 2. The third-order valence-corrected chi connectivity index (χ3v) is 4.89. The van der Waals surface area contributed by atoms with Crippen molar-refractivity contribution < 1.29 is 9.26 Å². The van der Waals surface area contributed by atoms with Crippen molar-refractivity contribution in [1.29, 1.82) is 0 Å². The molecule has 3 aromatic rings. The highest BCUT2D eigenvalue weighted by atomic mass is 35.5. The lowest BCUT2D eigenvalue weighted by Crippen LogP contribution is -2.42. The van der Waals surface area contributed by atoms with E-state index < -0.39 is 0 Å². The Kier molecular flexibility index (Phi) is 5.95. The summed E-state index contributed by atoms with van der Waals surface area (Å²) in [7, 11) is 1.74. The van der Waals surface area contributed by atoms with E-state index in [4.69, 9.17) is 20.9 Å². The Morgan fingerprint density at radius 1 is 1.17 bits per heavy atom. The molecular formula is C21H22ClN5O2. The fourth-order valence-electron chi connectivity index (χ4n) is 3.16. The second kappa shape index (κ2) is 8.96. The summed E-state index contributed by atoms with van der Waals surface area (Å²) in [5.41, 5.74) is 2.11. The quantitative estimate of drug-likeness (QED) is 0.479. The van der Waals surface area contributed by atoms with Crippen molar-refractivity contribution in [2.24, 2.45) is 4.99 Å². The monoisotopic (exact) mass is 411 g/mol. The molecule has 0 saturated carbocycles. The molecule has 0 amide bonds. The van der Waals surface area contributed by atoms with Crippen LogP contribution in [0.15, 0.2) is 58.0 Å². The zero-order valence-corrected chi connectivity index (χ0v) is 16.8. The lowest BCUT2D eigenvalue weighted by Gasteiger charge is -2.15. The summed E-state index contributed by atoms with van der Waals surface area (Å²) in [6.07, 6.45) is 1.59. The summed E-state index contributed by atoms with van der Waals surface area (Å²) >= 11 is 5.91. The van der Waals surface area contributed by atoms with Crippen molar-refractivity contribution in [3.63, 3.8) is 0 Å². The van der Waals surface area contributed by atoms with Gasteiger partial charge in [0.1, 0.15) is 11.9 Å². The summed E-state index contributed by atoms with van der Waals surface area (Å²) in [5, 5.41) is 11.3. The summed E-state index contributed by atoms with van der Waals surface area (Å²) in [4.78, 5) is 8.67. The number of guanidine groups is 1. The van der Waals surface area contributed by atoms with Crippen LogP contribution in [0.2, 0.25) is 5.02 Å². The molecule has 4 rings (SSSR count). The van der Waals surface area contributed by atoms with Gasteiger partial charge >= 0.3 is 0 Å². The number of aliphatic imine (C=N–C) groups is 1. The van der Waals surface area contributed by atoms with E-state index in [9.17, 15) is 0 Å². The van der Waals surface area contributed by atoms with Crippen LogP contribution >= 0.6 is 11.6 Å². The largest absolute Gasteiger partial charge is 0.488 e. The molecule has 1 unspecified atom stereocenters. The number of nitrogens with zero attached hydrogens (tertiary/aromatic N) is 3. The number of fused-ring (bicyclic) bond motifs is 1. The summed E-state index contributed by atoms with van der Waals surface area (Å²) < 4.78 is 11.3. The first-order valence-electron chi connectivity index (χ1n) is 9.49. The summed E-state index contributed by atoms with van der Waals surface area (Å²) in [5.74, 6) is 2.79. The molecule has 150 valence electrons. The van der Waals surface area contributed by atoms with E-state index in [0.717, 1.165) is 17.7 Å². The van der Waals surface area contributed by atoms with Crippen molar-refractivity contribution in [2.45, 2.75) is 18.9 Å². The van der Waals surface area contributed by atoms with E-state index in [1.54, 1.807) is 19.2 Å². The SMILES string of the molecule is CN=C(NCCc1nc(-c2ccc(Cl)cc2)no1)NCC1Cc2ccccc2O1. The maximum atomic E-state index is 5.94. The Morgan fingerprint density at radius 2 is 2.00 bits per heavy atom. The van der Waals surface area contributed by atoms with Gasteiger partial charge in [-0.25, -0.2) is 0 Å². The molecule has 0 saturated heterocycles. The molecule has 1 aliphatic heterocycles. The Labute approximate surface area is 174 Å². The highest BCUT2D eigenvalue weighted by Gasteiger charge is 2.22. The zero-order valence-electron chi connectivity index (χ0n) is 16.1. The van der Waals surface area contributed by atoms with E-state index in [1.807, 2.05) is 30.3 Å². The van der Waals surface area contributed by atoms with Crippen LogP contribution in [0.5, 0.6) is 5.75 Å². The van der Waals surface area contributed by atoms with Crippen LogP contribution in [0, 0.1) is 0 Å². The molecule has 7 nitrogen and oxygen atoms in total. The van der Waals surface area contributed by atoms with E-state index in [1.165, 1.54) is 5.56 Å². The molecule has 0 aliphatic carbocycles. The Bertz CT molecular complexity index is 962. The molecule has 8 heteroatoms. The van der Waals surface area contributed by atoms with Crippen LogP contribution in [0.3, 0.4) is 0 Å². The van der Waals surface area contributed by atoms with Gasteiger partial charge in [0.2, 0.25) is 11.7 Å². The van der Waals surface area contributed by atoms with Gasteiger partial charge in [-0.1, -0.05) is 35.0 Å². The lowest BCUT2D eigenvalue weighted by atomic mass is 10.1. The third kappa shape index (κ3) is 4.86. The second-order valence-corrected chi connectivity index (χ2v) is 7.14. The maximum Gasteiger partial charge on any atom is 0.228 e. The standard InChI is InChI=1S/C21H22ClN5O2/c1-23-21(25-13-17-12-15-4-2-3-5-18(15)28-17)24-11-10-19-26-20(27-29-19)14-6-8-16(22)9-7-14/h2-9,17H,10-13H2,1H3,(H2,23,24,25).